The van der Waals surface area contributed by atoms with Crippen molar-refractivity contribution in [2.24, 2.45) is 0 Å². The van der Waals surface area contributed by atoms with Gasteiger partial charge in [-0.15, -0.1) is 0 Å². The van der Waals surface area contributed by atoms with Crippen LogP contribution in [0.4, 0.5) is 5.82 Å². The lowest BCUT2D eigenvalue weighted by molar-refractivity contribution is 0.122. The minimum atomic E-state index is 0.286. The SMILES string of the molecule is CN1CCC(n2ncc3c(N4CCOCC4)nc(Cl)nc32)CC1. The van der Waals surface area contributed by atoms with Gasteiger partial charge in [0, 0.05) is 13.1 Å². The van der Waals surface area contributed by atoms with Gasteiger partial charge in [0.2, 0.25) is 5.28 Å². The van der Waals surface area contributed by atoms with E-state index in [0.717, 1.165) is 55.9 Å². The number of likely N-dealkylation sites (tertiary alicyclic amines) is 1. The molecule has 0 saturated carbocycles. The Morgan fingerprint density at radius 1 is 1.13 bits per heavy atom. The van der Waals surface area contributed by atoms with Gasteiger partial charge in [0.1, 0.15) is 5.82 Å². The second-order valence-electron chi connectivity index (χ2n) is 6.28. The molecule has 0 aromatic carbocycles. The Labute approximate surface area is 140 Å². The molecule has 23 heavy (non-hydrogen) atoms. The Kier molecular flexibility index (Phi) is 4.09. The Balaban J connectivity index is 1.72. The van der Waals surface area contributed by atoms with Crippen LogP contribution in [0.15, 0.2) is 6.20 Å². The summed E-state index contributed by atoms with van der Waals surface area (Å²) in [7, 11) is 2.16. The summed E-state index contributed by atoms with van der Waals surface area (Å²) in [4.78, 5) is 13.5. The lowest BCUT2D eigenvalue weighted by Crippen LogP contribution is -2.37. The second-order valence-corrected chi connectivity index (χ2v) is 6.61. The molecule has 2 aromatic heterocycles. The first-order valence-corrected chi connectivity index (χ1v) is 8.52. The van der Waals surface area contributed by atoms with Crippen LogP contribution in [0.3, 0.4) is 0 Å². The summed E-state index contributed by atoms with van der Waals surface area (Å²) in [5.74, 6) is 0.877. The summed E-state index contributed by atoms with van der Waals surface area (Å²) in [5, 5.41) is 5.89. The lowest BCUT2D eigenvalue weighted by Gasteiger charge is -2.29. The van der Waals surface area contributed by atoms with Gasteiger partial charge in [0.25, 0.3) is 0 Å². The van der Waals surface area contributed by atoms with E-state index < -0.39 is 0 Å². The van der Waals surface area contributed by atoms with Crippen LogP contribution in [-0.2, 0) is 4.74 Å². The minimum absolute atomic E-state index is 0.286. The third-order valence-corrected chi connectivity index (χ3v) is 4.92. The number of ether oxygens (including phenoxy) is 1. The molecule has 7 nitrogen and oxygen atoms in total. The molecule has 0 aliphatic carbocycles. The molecule has 0 amide bonds. The zero-order valence-electron chi connectivity index (χ0n) is 13.3. The van der Waals surface area contributed by atoms with Gasteiger partial charge in [-0.3, -0.25) is 0 Å². The minimum Gasteiger partial charge on any atom is -0.378 e. The van der Waals surface area contributed by atoms with Crippen LogP contribution in [0.1, 0.15) is 18.9 Å². The molecular formula is C15H21ClN6O. The van der Waals surface area contributed by atoms with Crippen molar-refractivity contribution in [1.82, 2.24) is 24.6 Å². The Morgan fingerprint density at radius 2 is 1.87 bits per heavy atom. The second kappa shape index (κ2) is 6.22. The van der Waals surface area contributed by atoms with Crippen molar-refractivity contribution < 1.29 is 4.74 Å². The molecule has 2 saturated heterocycles. The fraction of sp³-hybridized carbons (Fsp3) is 0.667. The smallest absolute Gasteiger partial charge is 0.226 e. The van der Waals surface area contributed by atoms with E-state index in [4.69, 9.17) is 16.3 Å². The molecule has 2 aliphatic rings. The van der Waals surface area contributed by atoms with Gasteiger partial charge in [0.15, 0.2) is 5.65 Å². The van der Waals surface area contributed by atoms with Crippen molar-refractivity contribution >= 4 is 28.5 Å². The lowest BCUT2D eigenvalue weighted by atomic mass is 10.1. The zero-order chi connectivity index (χ0) is 15.8. The molecule has 2 fully saturated rings. The number of morpholine rings is 1. The molecule has 2 aliphatic heterocycles. The van der Waals surface area contributed by atoms with Gasteiger partial charge >= 0.3 is 0 Å². The molecule has 0 atom stereocenters. The van der Waals surface area contributed by atoms with Gasteiger partial charge in [-0.25, -0.2) is 4.68 Å². The van der Waals surface area contributed by atoms with Gasteiger partial charge in [-0.1, -0.05) is 0 Å². The van der Waals surface area contributed by atoms with Crippen LogP contribution >= 0.6 is 11.6 Å². The highest BCUT2D eigenvalue weighted by Crippen LogP contribution is 2.30. The van der Waals surface area contributed by atoms with Gasteiger partial charge in [-0.2, -0.15) is 15.1 Å². The maximum absolute atomic E-state index is 6.20. The Hall–Kier alpha value is -1.44. The predicted molar refractivity (Wildman–Crippen MR) is 89.1 cm³/mol. The number of hydrogen-bond donors (Lipinski definition) is 0. The summed E-state index contributed by atoms with van der Waals surface area (Å²) in [5.41, 5.74) is 0.848. The number of piperidine rings is 1. The van der Waals surface area contributed by atoms with E-state index in [9.17, 15) is 0 Å². The van der Waals surface area contributed by atoms with E-state index in [1.54, 1.807) is 0 Å². The molecule has 0 radical (unpaired) electrons. The number of rotatable bonds is 2. The van der Waals surface area contributed by atoms with E-state index >= 15 is 0 Å². The van der Waals surface area contributed by atoms with Crippen molar-refractivity contribution in [3.63, 3.8) is 0 Å². The fourth-order valence-corrected chi connectivity index (χ4v) is 3.57. The quantitative estimate of drug-likeness (QED) is 0.776. The molecule has 0 bridgehead atoms. The summed E-state index contributed by atoms with van der Waals surface area (Å²) in [6.07, 6.45) is 4.05. The fourth-order valence-electron chi connectivity index (χ4n) is 3.41. The van der Waals surface area contributed by atoms with Crippen LogP contribution in [0.5, 0.6) is 0 Å². The Morgan fingerprint density at radius 3 is 2.61 bits per heavy atom. The van der Waals surface area contributed by atoms with Crippen molar-refractivity contribution in [3.8, 4) is 0 Å². The van der Waals surface area contributed by atoms with Crippen molar-refractivity contribution in [2.75, 3.05) is 51.3 Å². The normalized spacial score (nSPS) is 21.2. The average molecular weight is 337 g/mol. The Bertz CT molecular complexity index is 691. The van der Waals surface area contributed by atoms with Crippen molar-refractivity contribution in [2.45, 2.75) is 18.9 Å². The largest absolute Gasteiger partial charge is 0.378 e. The highest BCUT2D eigenvalue weighted by atomic mass is 35.5. The molecule has 0 N–H and O–H groups in total. The number of anilines is 1. The summed E-state index contributed by atoms with van der Waals surface area (Å²) < 4.78 is 7.47. The van der Waals surface area contributed by atoms with E-state index in [-0.39, 0.29) is 5.28 Å². The monoisotopic (exact) mass is 336 g/mol. The van der Waals surface area contributed by atoms with Crippen LogP contribution < -0.4 is 4.90 Å². The summed E-state index contributed by atoms with van der Waals surface area (Å²) >= 11 is 6.20. The number of hydrogen-bond acceptors (Lipinski definition) is 6. The molecule has 124 valence electrons. The molecule has 2 aromatic rings. The van der Waals surface area contributed by atoms with E-state index in [2.05, 4.69) is 31.9 Å². The third-order valence-electron chi connectivity index (χ3n) is 4.75. The van der Waals surface area contributed by atoms with Crippen LogP contribution in [0.25, 0.3) is 11.0 Å². The van der Waals surface area contributed by atoms with E-state index in [1.165, 1.54) is 0 Å². The van der Waals surface area contributed by atoms with Crippen molar-refractivity contribution in [3.05, 3.63) is 11.5 Å². The van der Waals surface area contributed by atoms with Crippen LogP contribution in [0, 0.1) is 0 Å². The number of nitrogens with zero attached hydrogens (tertiary/aromatic N) is 6. The first kappa shape index (κ1) is 15.1. The molecule has 4 rings (SSSR count). The molecule has 0 unspecified atom stereocenters. The molecular weight excluding hydrogens is 316 g/mol. The number of fused-ring (bicyclic) bond motifs is 1. The summed E-state index contributed by atoms with van der Waals surface area (Å²) in [6.45, 7) is 5.24. The van der Waals surface area contributed by atoms with E-state index in [0.29, 0.717) is 19.3 Å². The number of aromatic nitrogens is 4. The highest BCUT2D eigenvalue weighted by Gasteiger charge is 2.24. The van der Waals surface area contributed by atoms with Crippen LogP contribution in [-0.4, -0.2) is 71.1 Å². The molecule has 8 heteroatoms. The third kappa shape index (κ3) is 2.88. The zero-order valence-corrected chi connectivity index (χ0v) is 14.0. The molecule has 0 spiro atoms. The first-order chi connectivity index (χ1) is 11.2. The topological polar surface area (TPSA) is 59.3 Å². The highest BCUT2D eigenvalue weighted by molar-refractivity contribution is 6.28. The van der Waals surface area contributed by atoms with Gasteiger partial charge in [-0.05, 0) is 44.6 Å². The average Bonchev–Trinajstić information content (AvgIpc) is 2.99. The number of halogens is 1. The van der Waals surface area contributed by atoms with Gasteiger partial charge in [0.05, 0.1) is 30.8 Å². The maximum atomic E-state index is 6.20. The first-order valence-electron chi connectivity index (χ1n) is 8.14. The molecule has 4 heterocycles. The predicted octanol–water partition coefficient (Wildman–Crippen LogP) is 1.58. The summed E-state index contributed by atoms with van der Waals surface area (Å²) in [6, 6.07) is 0.382. The standard InChI is InChI=1S/C15H21ClN6O/c1-20-4-2-11(3-5-20)22-14-12(10-17-22)13(18-15(16)19-14)21-6-8-23-9-7-21/h10-11H,2-9H2,1H3. The van der Waals surface area contributed by atoms with Crippen LogP contribution in [0.2, 0.25) is 5.28 Å². The van der Waals surface area contributed by atoms with Crippen molar-refractivity contribution in [1.29, 1.82) is 0 Å². The van der Waals surface area contributed by atoms with E-state index in [1.807, 2.05) is 10.9 Å². The maximum Gasteiger partial charge on any atom is 0.226 e. The van der Waals surface area contributed by atoms with Gasteiger partial charge < -0.3 is 14.5 Å².